The van der Waals surface area contributed by atoms with Crippen LogP contribution in [-0.4, -0.2) is 36.2 Å². The first-order valence-corrected chi connectivity index (χ1v) is 8.56. The van der Waals surface area contributed by atoms with E-state index < -0.39 is 17.4 Å². The minimum Gasteiger partial charge on any atom is -0.469 e. The molecule has 5 nitrogen and oxygen atoms in total. The molecule has 138 valence electrons. The molecule has 1 aromatic carbocycles. The lowest BCUT2D eigenvalue weighted by Gasteiger charge is -2.37. The van der Waals surface area contributed by atoms with Crippen LogP contribution < -0.4 is 0 Å². The van der Waals surface area contributed by atoms with Crippen LogP contribution in [0.4, 0.5) is 9.18 Å². The summed E-state index contributed by atoms with van der Waals surface area (Å²) >= 11 is 0. The Morgan fingerprint density at radius 3 is 2.60 bits per heavy atom. The molecule has 1 fully saturated rings. The molecule has 1 heterocycles. The van der Waals surface area contributed by atoms with Crippen LogP contribution >= 0.6 is 0 Å². The number of piperidine rings is 1. The van der Waals surface area contributed by atoms with Gasteiger partial charge in [-0.2, -0.15) is 0 Å². The zero-order valence-corrected chi connectivity index (χ0v) is 15.3. The monoisotopic (exact) mass is 351 g/mol. The summed E-state index contributed by atoms with van der Waals surface area (Å²) in [5, 5.41) is 0. The van der Waals surface area contributed by atoms with Gasteiger partial charge in [-0.05, 0) is 57.2 Å². The maximum atomic E-state index is 14.4. The first-order valence-electron chi connectivity index (χ1n) is 8.56. The summed E-state index contributed by atoms with van der Waals surface area (Å²) in [7, 11) is 1.27. The van der Waals surface area contributed by atoms with Crippen LogP contribution in [0.25, 0.3) is 0 Å². The molecule has 6 heteroatoms. The number of methoxy groups -OCH3 is 1. The van der Waals surface area contributed by atoms with Crippen molar-refractivity contribution in [1.82, 2.24) is 4.90 Å². The Labute approximate surface area is 148 Å². The van der Waals surface area contributed by atoms with Crippen molar-refractivity contribution in [1.29, 1.82) is 0 Å². The smallest absolute Gasteiger partial charge is 0.410 e. The Morgan fingerprint density at radius 2 is 2.00 bits per heavy atom. The quantitative estimate of drug-likeness (QED) is 0.772. The van der Waals surface area contributed by atoms with Crippen LogP contribution in [0.2, 0.25) is 0 Å². The maximum Gasteiger partial charge on any atom is 0.410 e. The van der Waals surface area contributed by atoms with Gasteiger partial charge in [0.2, 0.25) is 0 Å². The minimum atomic E-state index is -0.575. The van der Waals surface area contributed by atoms with Crippen molar-refractivity contribution in [2.24, 2.45) is 0 Å². The lowest BCUT2D eigenvalue weighted by atomic mass is 9.94. The molecule has 1 saturated heterocycles. The number of amides is 1. The third-order valence-corrected chi connectivity index (χ3v) is 4.16. The van der Waals surface area contributed by atoms with Crippen molar-refractivity contribution in [2.75, 3.05) is 13.7 Å². The molecular weight excluding hydrogens is 325 g/mol. The number of likely N-dealkylation sites (tertiary alicyclic amines) is 1. The van der Waals surface area contributed by atoms with Gasteiger partial charge in [-0.15, -0.1) is 0 Å². The number of nitrogens with zero attached hydrogens (tertiary/aromatic N) is 1. The van der Waals surface area contributed by atoms with E-state index >= 15 is 0 Å². The lowest BCUT2D eigenvalue weighted by molar-refractivity contribution is -0.139. The van der Waals surface area contributed by atoms with Gasteiger partial charge < -0.3 is 14.4 Å². The Kier molecular flexibility index (Phi) is 6.03. The first kappa shape index (κ1) is 19.2. The van der Waals surface area contributed by atoms with Crippen molar-refractivity contribution in [3.05, 3.63) is 35.1 Å². The molecule has 25 heavy (non-hydrogen) atoms. The van der Waals surface area contributed by atoms with Crippen molar-refractivity contribution in [2.45, 2.75) is 58.1 Å². The number of rotatable bonds is 3. The van der Waals surface area contributed by atoms with Crippen molar-refractivity contribution < 1.29 is 23.5 Å². The number of carbonyl (C=O) groups excluding carboxylic acids is 2. The Morgan fingerprint density at radius 1 is 1.28 bits per heavy atom. The molecule has 0 saturated carbocycles. The van der Waals surface area contributed by atoms with Gasteiger partial charge in [0.25, 0.3) is 0 Å². The van der Waals surface area contributed by atoms with E-state index in [4.69, 9.17) is 4.74 Å². The molecule has 0 radical (unpaired) electrons. The molecule has 1 aromatic rings. The van der Waals surface area contributed by atoms with Crippen LogP contribution in [0, 0.1) is 5.82 Å². The summed E-state index contributed by atoms with van der Waals surface area (Å²) in [6.07, 6.45) is 2.14. The van der Waals surface area contributed by atoms with Gasteiger partial charge >= 0.3 is 12.1 Å². The molecule has 1 aliphatic heterocycles. The number of hydrogen-bond acceptors (Lipinski definition) is 4. The highest BCUT2D eigenvalue weighted by Crippen LogP contribution is 2.33. The predicted molar refractivity (Wildman–Crippen MR) is 91.7 cm³/mol. The van der Waals surface area contributed by atoms with E-state index in [1.54, 1.807) is 17.0 Å². The van der Waals surface area contributed by atoms with Crippen LogP contribution in [-0.2, 0) is 20.7 Å². The fourth-order valence-corrected chi connectivity index (χ4v) is 2.96. The molecule has 1 amide bonds. The summed E-state index contributed by atoms with van der Waals surface area (Å²) in [6, 6.07) is 4.55. The van der Waals surface area contributed by atoms with Gasteiger partial charge in [-0.3, -0.25) is 4.79 Å². The van der Waals surface area contributed by atoms with Crippen LogP contribution in [0.15, 0.2) is 18.2 Å². The van der Waals surface area contributed by atoms with Gasteiger partial charge in [0.05, 0.1) is 19.6 Å². The Balaban J connectivity index is 2.20. The van der Waals surface area contributed by atoms with E-state index in [1.807, 2.05) is 20.8 Å². The summed E-state index contributed by atoms with van der Waals surface area (Å²) < 4.78 is 24.4. The van der Waals surface area contributed by atoms with E-state index in [1.165, 1.54) is 13.2 Å². The second-order valence-corrected chi connectivity index (χ2v) is 7.29. The second-order valence-electron chi connectivity index (χ2n) is 7.29. The van der Waals surface area contributed by atoms with Gasteiger partial charge in [0.15, 0.2) is 0 Å². The molecular formula is C19H26FNO4. The van der Waals surface area contributed by atoms with Crippen molar-refractivity contribution >= 4 is 12.1 Å². The molecule has 2 rings (SSSR count). The SMILES string of the molecule is COC(=O)Cc1ccc(C2CCCCN2C(=O)OC(C)(C)C)cc1F. The third-order valence-electron chi connectivity index (χ3n) is 4.16. The maximum absolute atomic E-state index is 14.4. The van der Waals surface area contributed by atoms with Crippen LogP contribution in [0.1, 0.15) is 57.2 Å². The molecule has 0 bridgehead atoms. The largest absolute Gasteiger partial charge is 0.469 e. The zero-order chi connectivity index (χ0) is 18.6. The number of carbonyl (C=O) groups is 2. The van der Waals surface area contributed by atoms with Gasteiger partial charge in [0.1, 0.15) is 11.4 Å². The predicted octanol–water partition coefficient (Wildman–Crippen LogP) is 4.00. The second kappa shape index (κ2) is 7.85. The molecule has 1 atom stereocenters. The molecule has 1 aliphatic rings. The zero-order valence-electron chi connectivity index (χ0n) is 15.3. The number of benzene rings is 1. The van der Waals surface area contributed by atoms with Crippen LogP contribution in [0.3, 0.4) is 0 Å². The fourth-order valence-electron chi connectivity index (χ4n) is 2.96. The topological polar surface area (TPSA) is 55.8 Å². The summed E-state index contributed by atoms with van der Waals surface area (Å²) in [6.45, 7) is 6.06. The van der Waals surface area contributed by atoms with Crippen LogP contribution in [0.5, 0.6) is 0 Å². The highest BCUT2D eigenvalue weighted by Gasteiger charge is 2.31. The highest BCUT2D eigenvalue weighted by atomic mass is 19.1. The standard InChI is InChI=1S/C19H26FNO4/c1-19(2,3)25-18(23)21-10-6-5-7-16(21)14-9-8-13(15(20)11-14)12-17(22)24-4/h8-9,11,16H,5-7,10,12H2,1-4H3. The van der Waals surface area contributed by atoms with Crippen molar-refractivity contribution in [3.63, 3.8) is 0 Å². The van der Waals surface area contributed by atoms with E-state index in [-0.39, 0.29) is 24.1 Å². The molecule has 0 aliphatic carbocycles. The Hall–Kier alpha value is -2.11. The number of ether oxygens (including phenoxy) is 2. The number of esters is 1. The summed E-state index contributed by atoms with van der Waals surface area (Å²) in [4.78, 5) is 25.5. The first-order chi connectivity index (χ1) is 11.7. The minimum absolute atomic E-state index is 0.108. The Bertz CT molecular complexity index is 639. The van der Waals surface area contributed by atoms with Crippen molar-refractivity contribution in [3.8, 4) is 0 Å². The van der Waals surface area contributed by atoms with Gasteiger partial charge in [-0.25, -0.2) is 9.18 Å². The average Bonchev–Trinajstić information content (AvgIpc) is 2.55. The van der Waals surface area contributed by atoms with E-state index in [0.717, 1.165) is 24.8 Å². The lowest BCUT2D eigenvalue weighted by Crippen LogP contribution is -2.41. The third kappa shape index (κ3) is 5.18. The summed E-state index contributed by atoms with van der Waals surface area (Å²) in [5.41, 5.74) is 0.432. The normalized spacial score (nSPS) is 18.0. The summed E-state index contributed by atoms with van der Waals surface area (Å²) in [5.74, 6) is -0.947. The van der Waals surface area contributed by atoms with Gasteiger partial charge in [-0.1, -0.05) is 12.1 Å². The van der Waals surface area contributed by atoms with E-state index in [0.29, 0.717) is 6.54 Å². The number of halogens is 1. The molecule has 0 N–H and O–H groups in total. The molecule has 0 spiro atoms. The highest BCUT2D eigenvalue weighted by molar-refractivity contribution is 5.72. The van der Waals surface area contributed by atoms with E-state index in [2.05, 4.69) is 4.74 Å². The molecule has 1 unspecified atom stereocenters. The molecule has 0 aromatic heterocycles. The van der Waals surface area contributed by atoms with E-state index in [9.17, 15) is 14.0 Å². The number of hydrogen-bond donors (Lipinski definition) is 0. The van der Waals surface area contributed by atoms with Gasteiger partial charge in [0, 0.05) is 6.54 Å². The fraction of sp³-hybridized carbons (Fsp3) is 0.579. The average molecular weight is 351 g/mol.